The minimum absolute atomic E-state index is 0.955. The zero-order chi connectivity index (χ0) is 95.3. The van der Waals surface area contributed by atoms with Crippen LogP contribution in [0.25, 0.3) is 198 Å². The van der Waals surface area contributed by atoms with Crippen LogP contribution in [0.4, 0.5) is 0 Å². The average molecular weight is 1900 g/mol. The fourth-order valence-electron chi connectivity index (χ4n) is 21.1. The Hall–Kier alpha value is -12.3. The summed E-state index contributed by atoms with van der Waals surface area (Å²) in [6.45, 7) is 58.8. The predicted molar refractivity (Wildman–Crippen MR) is 617 cm³/mol. The van der Waals surface area contributed by atoms with Crippen molar-refractivity contribution in [3.63, 3.8) is 0 Å². The van der Waals surface area contributed by atoms with Gasteiger partial charge in [-0.25, -0.2) is 0 Å². The molecule has 0 atom stereocenters. The third-order valence-corrected chi connectivity index (χ3v) is 45.3. The third kappa shape index (κ3) is 15.7. The van der Waals surface area contributed by atoms with Gasteiger partial charge in [0.1, 0.15) is 0 Å². The van der Waals surface area contributed by atoms with Crippen LogP contribution in [-0.4, -0.2) is 103 Å². The summed E-state index contributed by atoms with van der Waals surface area (Å²) < 4.78 is 10.0. The lowest BCUT2D eigenvalue weighted by Crippen LogP contribution is -2.37. The van der Waals surface area contributed by atoms with Gasteiger partial charge >= 0.3 is 0 Å². The molecule has 8 aromatic heterocycles. The molecule has 0 aliphatic rings. The van der Waals surface area contributed by atoms with Crippen molar-refractivity contribution in [3.05, 3.63) is 316 Å². The molecule has 0 radical (unpaired) electrons. The lowest BCUT2D eigenvalue weighted by molar-refractivity contribution is 1.18. The normalized spacial score (nSPS) is 13.0. The van der Waals surface area contributed by atoms with Gasteiger partial charge in [-0.1, -0.05) is 344 Å². The van der Waals surface area contributed by atoms with E-state index in [0.717, 1.165) is 77.9 Å². The molecule has 0 amide bonds. The summed E-state index contributed by atoms with van der Waals surface area (Å²) >= 11 is 0. The van der Waals surface area contributed by atoms with E-state index in [1.807, 2.05) is 49.3 Å². The van der Waals surface area contributed by atoms with E-state index in [1.165, 1.54) is 161 Å². The first kappa shape index (κ1) is 90.1. The monoisotopic (exact) mass is 1900 g/mol. The van der Waals surface area contributed by atoms with Crippen LogP contribution in [0.5, 0.6) is 0 Å². The number of hydrogen-bond donors (Lipinski definition) is 0. The second-order valence-electron chi connectivity index (χ2n) is 46.5. The number of hydrogen-bond acceptors (Lipinski definition) is 4. The molecule has 8 nitrogen and oxygen atoms in total. The summed E-state index contributed by atoms with van der Waals surface area (Å²) in [4.78, 5) is 19.7. The van der Waals surface area contributed by atoms with Crippen molar-refractivity contribution < 1.29 is 0 Å². The fraction of sp³-hybridized carbons (Fsp3) is 0.200. The van der Waals surface area contributed by atoms with E-state index in [4.69, 9.17) is 19.9 Å². The van der Waals surface area contributed by atoms with E-state index in [0.29, 0.717) is 0 Å². The predicted octanol–water partition coefficient (Wildman–Crippen LogP) is 29.0. The van der Waals surface area contributed by atoms with Gasteiger partial charge in [-0.3, -0.25) is 19.9 Å². The van der Waals surface area contributed by atoms with Gasteiger partial charge in [0.15, 0.2) is 0 Å². The molecule has 8 heterocycles. The van der Waals surface area contributed by atoms with E-state index in [1.54, 1.807) is 0 Å². The number of aromatic nitrogens is 8. The Balaban J connectivity index is 0.000000163. The second kappa shape index (κ2) is 32.7. The molecule has 14 aromatic carbocycles. The van der Waals surface area contributed by atoms with E-state index < -0.39 is 64.6 Å². The minimum atomic E-state index is -1.58. The van der Waals surface area contributed by atoms with Crippen LogP contribution in [0, 0.1) is 0 Å². The zero-order valence-corrected chi connectivity index (χ0v) is 91.6. The summed E-state index contributed by atoms with van der Waals surface area (Å²) in [5.74, 6) is 0. The molecule has 16 heteroatoms. The van der Waals surface area contributed by atoms with E-state index in [9.17, 15) is 0 Å². The Kier molecular flexibility index (Phi) is 21.7. The van der Waals surface area contributed by atoms with Gasteiger partial charge in [0, 0.05) is 125 Å². The maximum Gasteiger partial charge on any atom is 0.0776 e. The number of benzene rings is 14. The summed E-state index contributed by atoms with van der Waals surface area (Å²) in [6, 6.07) is 108. The molecular formula is C120H124N8Si8. The van der Waals surface area contributed by atoms with Crippen LogP contribution in [0.15, 0.2) is 316 Å². The lowest BCUT2D eigenvalue weighted by Gasteiger charge is -2.21. The highest BCUT2D eigenvalue weighted by atomic mass is 28.3. The second-order valence-corrected chi connectivity index (χ2v) is 87.1. The Morgan fingerprint density at radius 3 is 0.559 bits per heavy atom. The number of nitrogens with zero attached hydrogens (tertiary/aromatic N) is 8. The zero-order valence-electron chi connectivity index (χ0n) is 83.6. The molecule has 0 unspecified atom stereocenters. The Bertz CT molecular complexity index is 7360. The fourth-order valence-corrected chi connectivity index (χ4v) is 30.4. The quantitative estimate of drug-likeness (QED) is 0.0714. The van der Waals surface area contributed by atoms with Gasteiger partial charge in [-0.2, -0.15) is 0 Å². The van der Waals surface area contributed by atoms with Gasteiger partial charge in [0.05, 0.1) is 120 Å². The van der Waals surface area contributed by atoms with Crippen LogP contribution in [-0.2, 0) is 0 Å². The van der Waals surface area contributed by atoms with Crippen LogP contribution in [0.3, 0.4) is 0 Å². The number of pyridine rings is 4. The highest BCUT2D eigenvalue weighted by molar-refractivity contribution is 6.92. The maximum atomic E-state index is 5.11. The Labute approximate surface area is 808 Å². The highest BCUT2D eigenvalue weighted by Crippen LogP contribution is 2.50. The smallest absolute Gasteiger partial charge is 0.0776 e. The maximum absolute atomic E-state index is 5.11. The summed E-state index contributed by atoms with van der Waals surface area (Å²) in [5.41, 5.74) is 23.3. The number of rotatable bonds is 16. The largest absolute Gasteiger partial charge is 0.309 e. The first-order valence-electron chi connectivity index (χ1n) is 48.6. The van der Waals surface area contributed by atoms with Gasteiger partial charge in [0.2, 0.25) is 0 Å². The van der Waals surface area contributed by atoms with Gasteiger partial charge in [0.25, 0.3) is 0 Å². The molecule has 0 bridgehead atoms. The summed E-state index contributed by atoms with van der Waals surface area (Å²) in [7, 11) is -12.7. The Morgan fingerprint density at radius 2 is 0.375 bits per heavy atom. The molecule has 676 valence electrons. The van der Waals surface area contributed by atoms with E-state index in [2.05, 4.69) is 442 Å². The molecule has 0 aliphatic heterocycles. The average Bonchev–Trinajstić information content (AvgIpc) is 1.19. The standard InChI is InChI=1S/2C60H62N4Si4/c1-65(2,3)43-19-25-55-49(33-43)50-34-44(66(4,5)6)20-26-56(50)63(55)41-17-23-47-53(31-41)59(39-15-13-29-61-37-39)48-24-18-42(32-54(48)60(47)40-16-14-30-62-38-40)64-57-27-21-45(67(7,8)9)35-51(57)52-36-46(68(10,11)12)22-28-58(52)64;1-65(2,3)41-21-27-55-47(35-41)48-36-42(66(4,5)6)22-28-56(48)63(55)39-19-25-45-51(33-39)59(53-17-13-15-31-61-53)46-26-20-40(34-52(46)60(45)54-18-14-16-32-62-54)64-57-29-23-43(67(7,8)9)37-49(57)50-38-44(68(10,11)12)24-30-58(50)64/h2*13-38H,1-12H3. The van der Waals surface area contributed by atoms with Gasteiger partial charge in [-0.05, 0) is 188 Å². The molecule has 22 aromatic rings. The topological polar surface area (TPSA) is 71.3 Å². The van der Waals surface area contributed by atoms with Crippen molar-refractivity contribution in [2.75, 3.05) is 0 Å². The highest BCUT2D eigenvalue weighted by Gasteiger charge is 2.32. The lowest BCUT2D eigenvalue weighted by atomic mass is 9.86. The minimum Gasteiger partial charge on any atom is -0.309 e. The molecule has 0 saturated heterocycles. The van der Waals surface area contributed by atoms with E-state index >= 15 is 0 Å². The molecule has 0 spiro atoms. The first-order valence-corrected chi connectivity index (χ1v) is 76.6. The molecule has 0 N–H and O–H groups in total. The van der Waals surface area contributed by atoms with Crippen molar-refractivity contribution in [1.82, 2.24) is 38.2 Å². The van der Waals surface area contributed by atoms with Crippen molar-refractivity contribution in [2.45, 2.75) is 157 Å². The molecule has 0 aliphatic carbocycles. The van der Waals surface area contributed by atoms with Gasteiger partial charge in [-0.15, -0.1) is 0 Å². The van der Waals surface area contributed by atoms with Crippen LogP contribution in [0.2, 0.25) is 157 Å². The van der Waals surface area contributed by atoms with E-state index in [-0.39, 0.29) is 0 Å². The van der Waals surface area contributed by atoms with Crippen LogP contribution in [0.1, 0.15) is 0 Å². The van der Waals surface area contributed by atoms with Crippen LogP contribution < -0.4 is 41.5 Å². The number of fused-ring (bicyclic) bond motifs is 16. The molecular weight excluding hydrogens is 1780 g/mol. The summed E-state index contributed by atoms with van der Waals surface area (Å²) in [5, 5.41) is 32.0. The SMILES string of the molecule is C[Si](C)(C)c1ccc2c(c1)c1cc([Si](C)(C)C)ccc1n2-c1ccc2c(-c3ccccn3)c3cc(-n4c5ccc([Si](C)(C)C)cc5c5cc([Si](C)(C)C)ccc54)ccc3c(-c3ccccn3)c2c1.C[Si](C)(C)c1ccc2c(c1)c1cc([Si](C)(C)C)ccc1n2-c1ccc2c(-c3cccnc3)c3cc(-n4c5ccc([Si](C)(C)C)cc5c5cc([Si](C)(C)C)ccc54)ccc3c(-c3cccnc3)c2c1. The third-order valence-electron chi connectivity index (χ3n) is 28.9. The summed E-state index contributed by atoms with van der Waals surface area (Å²) in [6.07, 6.45) is 11.7. The van der Waals surface area contributed by atoms with Crippen LogP contribution >= 0.6 is 0 Å². The van der Waals surface area contributed by atoms with Crippen molar-refractivity contribution in [1.29, 1.82) is 0 Å². The molecule has 22 rings (SSSR count). The van der Waals surface area contributed by atoms with Crippen molar-refractivity contribution in [2.24, 2.45) is 0 Å². The first-order chi connectivity index (χ1) is 64.5. The van der Waals surface area contributed by atoms with Crippen molar-refractivity contribution in [3.8, 4) is 67.5 Å². The molecule has 136 heavy (non-hydrogen) atoms. The Morgan fingerprint density at radius 1 is 0.169 bits per heavy atom. The molecule has 0 saturated carbocycles. The van der Waals surface area contributed by atoms with Crippen molar-refractivity contribution >= 4 is 236 Å². The molecule has 0 fully saturated rings. The van der Waals surface area contributed by atoms with Gasteiger partial charge < -0.3 is 18.3 Å².